The molecular weight excluding hydrogens is 347 g/mol. The molecule has 0 saturated carbocycles. The Morgan fingerprint density at radius 2 is 2.19 bits per heavy atom. The number of ether oxygens (including phenoxy) is 1. The highest BCUT2D eigenvalue weighted by Gasteiger charge is 2.20. The number of aromatic nitrogens is 1. The molecule has 0 aliphatic carbocycles. The maximum absolute atomic E-state index is 13.5. The lowest BCUT2D eigenvalue weighted by atomic mass is 10.2. The van der Waals surface area contributed by atoms with Crippen LogP contribution in [0.4, 0.5) is 10.1 Å². The minimum Gasteiger partial charge on any atom is -0.432 e. The van der Waals surface area contributed by atoms with Crippen LogP contribution >= 0.6 is 15.9 Å². The molecule has 1 atom stereocenters. The third-order valence-electron chi connectivity index (χ3n) is 2.65. The molecule has 0 saturated heterocycles. The molecule has 1 aromatic carbocycles. The van der Waals surface area contributed by atoms with Crippen LogP contribution in [0.2, 0.25) is 0 Å². The van der Waals surface area contributed by atoms with E-state index in [2.05, 4.69) is 20.9 Å². The van der Waals surface area contributed by atoms with Gasteiger partial charge in [0.15, 0.2) is 0 Å². The molecule has 110 valence electrons. The van der Waals surface area contributed by atoms with E-state index in [-0.39, 0.29) is 16.1 Å². The molecule has 2 rings (SSSR count). The summed E-state index contributed by atoms with van der Waals surface area (Å²) in [6.45, 7) is 1.56. The minimum absolute atomic E-state index is 0.0261. The molecule has 0 unspecified atom stereocenters. The van der Waals surface area contributed by atoms with Crippen molar-refractivity contribution in [2.75, 3.05) is 0 Å². The molecule has 1 N–H and O–H groups in total. The monoisotopic (exact) mass is 356 g/mol. The van der Waals surface area contributed by atoms with Gasteiger partial charge in [0.2, 0.25) is 11.6 Å². The van der Waals surface area contributed by atoms with Crippen molar-refractivity contribution in [1.29, 1.82) is 0 Å². The number of nitro groups is 1. The molecule has 8 heteroatoms. The standard InChI is InChI=1S/C13H10BrFN2O4/c1-7(18)8-2-3-16-13(4-8)21-12-6-10(15)9(14)5-11(12)17(19)20/h2-7,18H,1H3/t7-/m1/s1. The van der Waals surface area contributed by atoms with Gasteiger partial charge in [-0.2, -0.15) is 0 Å². The van der Waals surface area contributed by atoms with Gasteiger partial charge in [-0.05, 0) is 34.5 Å². The Morgan fingerprint density at radius 1 is 1.48 bits per heavy atom. The van der Waals surface area contributed by atoms with Gasteiger partial charge in [0.25, 0.3) is 0 Å². The lowest BCUT2D eigenvalue weighted by Gasteiger charge is -2.09. The SMILES string of the molecule is C[C@@H](O)c1ccnc(Oc2cc(F)c(Br)cc2[N+](=O)[O-])c1. The van der Waals surface area contributed by atoms with E-state index in [4.69, 9.17) is 4.74 Å². The van der Waals surface area contributed by atoms with Crippen LogP contribution in [0.3, 0.4) is 0 Å². The summed E-state index contributed by atoms with van der Waals surface area (Å²) in [6.07, 6.45) is 0.644. The van der Waals surface area contributed by atoms with Crippen molar-refractivity contribution in [2.24, 2.45) is 0 Å². The lowest BCUT2D eigenvalue weighted by Crippen LogP contribution is -1.98. The van der Waals surface area contributed by atoms with Gasteiger partial charge in [0, 0.05) is 24.4 Å². The van der Waals surface area contributed by atoms with E-state index in [1.54, 1.807) is 13.0 Å². The number of hydrogen-bond donors (Lipinski definition) is 1. The number of halogens is 2. The zero-order valence-electron chi connectivity index (χ0n) is 10.8. The van der Waals surface area contributed by atoms with Crippen LogP contribution in [-0.4, -0.2) is 15.0 Å². The molecule has 0 spiro atoms. The lowest BCUT2D eigenvalue weighted by molar-refractivity contribution is -0.385. The van der Waals surface area contributed by atoms with E-state index in [1.807, 2.05) is 0 Å². The first-order chi connectivity index (χ1) is 9.88. The predicted molar refractivity (Wildman–Crippen MR) is 75.7 cm³/mol. The third kappa shape index (κ3) is 3.53. The average molecular weight is 357 g/mol. The van der Waals surface area contributed by atoms with Gasteiger partial charge < -0.3 is 9.84 Å². The quantitative estimate of drug-likeness (QED) is 0.666. The van der Waals surface area contributed by atoms with Gasteiger partial charge in [0.05, 0.1) is 15.5 Å². The smallest absolute Gasteiger partial charge is 0.312 e. The van der Waals surface area contributed by atoms with Crippen LogP contribution in [-0.2, 0) is 0 Å². The number of nitrogens with zero attached hydrogens (tertiary/aromatic N) is 2. The van der Waals surface area contributed by atoms with Crippen molar-refractivity contribution < 1.29 is 19.2 Å². The number of aliphatic hydroxyl groups is 1. The highest BCUT2D eigenvalue weighted by molar-refractivity contribution is 9.10. The van der Waals surface area contributed by atoms with Crippen molar-refractivity contribution in [3.8, 4) is 11.6 Å². The molecule has 0 radical (unpaired) electrons. The van der Waals surface area contributed by atoms with E-state index in [0.717, 1.165) is 12.1 Å². The van der Waals surface area contributed by atoms with Crippen molar-refractivity contribution in [3.05, 3.63) is 56.4 Å². The van der Waals surface area contributed by atoms with Gasteiger partial charge >= 0.3 is 5.69 Å². The fourth-order valence-corrected chi connectivity index (χ4v) is 1.93. The van der Waals surface area contributed by atoms with Crippen molar-refractivity contribution >= 4 is 21.6 Å². The number of nitro benzene ring substituents is 1. The second-order valence-electron chi connectivity index (χ2n) is 4.20. The number of rotatable bonds is 4. The fraction of sp³-hybridized carbons (Fsp3) is 0.154. The Hall–Kier alpha value is -2.06. The topological polar surface area (TPSA) is 85.5 Å². The number of pyridine rings is 1. The van der Waals surface area contributed by atoms with Crippen LogP contribution in [0.15, 0.2) is 34.9 Å². The highest BCUT2D eigenvalue weighted by atomic mass is 79.9. The van der Waals surface area contributed by atoms with Gasteiger partial charge in [-0.1, -0.05) is 0 Å². The molecular formula is C13H10BrFN2O4. The summed E-state index contributed by atoms with van der Waals surface area (Å²) in [6, 6.07) is 4.92. The Kier molecular flexibility index (Phi) is 4.49. The fourth-order valence-electron chi connectivity index (χ4n) is 1.60. The Morgan fingerprint density at radius 3 is 2.81 bits per heavy atom. The molecule has 6 nitrogen and oxygen atoms in total. The summed E-state index contributed by atoms with van der Waals surface area (Å²) in [5.41, 5.74) is 0.132. The summed E-state index contributed by atoms with van der Waals surface area (Å²) in [5.74, 6) is -0.934. The zero-order valence-corrected chi connectivity index (χ0v) is 12.4. The van der Waals surface area contributed by atoms with E-state index in [0.29, 0.717) is 5.56 Å². The maximum Gasteiger partial charge on any atom is 0.312 e. The molecule has 0 aliphatic rings. The first-order valence-corrected chi connectivity index (χ1v) is 6.63. The molecule has 0 fully saturated rings. The first kappa shape index (κ1) is 15.3. The van der Waals surface area contributed by atoms with E-state index >= 15 is 0 Å². The summed E-state index contributed by atoms with van der Waals surface area (Å²) in [4.78, 5) is 14.2. The van der Waals surface area contributed by atoms with Gasteiger partial charge in [-0.25, -0.2) is 9.37 Å². The number of aliphatic hydroxyl groups excluding tert-OH is 1. The van der Waals surface area contributed by atoms with Crippen molar-refractivity contribution in [3.63, 3.8) is 0 Å². The van der Waals surface area contributed by atoms with E-state index < -0.39 is 22.5 Å². The number of hydrogen-bond acceptors (Lipinski definition) is 5. The normalized spacial score (nSPS) is 12.0. The van der Waals surface area contributed by atoms with Crippen LogP contribution in [0, 0.1) is 15.9 Å². The summed E-state index contributed by atoms with van der Waals surface area (Å²) in [7, 11) is 0. The van der Waals surface area contributed by atoms with E-state index in [9.17, 15) is 19.6 Å². The van der Waals surface area contributed by atoms with Crippen LogP contribution < -0.4 is 4.74 Å². The van der Waals surface area contributed by atoms with Crippen LogP contribution in [0.5, 0.6) is 11.6 Å². The van der Waals surface area contributed by atoms with E-state index in [1.165, 1.54) is 12.3 Å². The number of benzene rings is 1. The molecule has 1 heterocycles. The second-order valence-corrected chi connectivity index (χ2v) is 5.05. The first-order valence-electron chi connectivity index (χ1n) is 5.84. The van der Waals surface area contributed by atoms with Crippen molar-refractivity contribution in [2.45, 2.75) is 13.0 Å². The summed E-state index contributed by atoms with van der Waals surface area (Å²) in [5, 5.41) is 20.5. The Labute approximate surface area is 127 Å². The maximum atomic E-state index is 13.5. The molecule has 0 bridgehead atoms. The minimum atomic E-state index is -0.744. The van der Waals surface area contributed by atoms with Crippen LogP contribution in [0.1, 0.15) is 18.6 Å². The summed E-state index contributed by atoms with van der Waals surface area (Å²) >= 11 is 2.88. The molecule has 0 aliphatic heterocycles. The summed E-state index contributed by atoms with van der Waals surface area (Å²) < 4.78 is 18.8. The second kappa shape index (κ2) is 6.15. The van der Waals surface area contributed by atoms with Crippen molar-refractivity contribution in [1.82, 2.24) is 4.98 Å². The van der Waals surface area contributed by atoms with Gasteiger partial charge in [-0.3, -0.25) is 10.1 Å². The molecule has 2 aromatic rings. The van der Waals surface area contributed by atoms with Gasteiger partial charge in [0.1, 0.15) is 5.82 Å². The van der Waals surface area contributed by atoms with Crippen LogP contribution in [0.25, 0.3) is 0 Å². The molecule has 1 aromatic heterocycles. The average Bonchev–Trinajstić information content (AvgIpc) is 2.42. The zero-order chi connectivity index (χ0) is 15.6. The molecule has 21 heavy (non-hydrogen) atoms. The third-order valence-corrected chi connectivity index (χ3v) is 3.26. The molecule has 0 amide bonds. The predicted octanol–water partition coefficient (Wildman–Crippen LogP) is 3.74. The van der Waals surface area contributed by atoms with Gasteiger partial charge in [-0.15, -0.1) is 0 Å². The Balaban J connectivity index is 2.41. The Bertz CT molecular complexity index is 694. The highest BCUT2D eigenvalue weighted by Crippen LogP contribution is 2.35. The largest absolute Gasteiger partial charge is 0.432 e.